The molecule has 160 valence electrons. The maximum atomic E-state index is 10.1. The molecule has 4 heterocycles. The number of nitrogen functional groups attached to an aromatic ring is 1. The van der Waals surface area contributed by atoms with E-state index in [1.54, 1.807) is 6.20 Å². The lowest BCUT2D eigenvalue weighted by molar-refractivity contribution is 0.198. The van der Waals surface area contributed by atoms with Gasteiger partial charge in [0.15, 0.2) is 0 Å². The molecule has 30 heavy (non-hydrogen) atoms. The van der Waals surface area contributed by atoms with Gasteiger partial charge in [-0.15, -0.1) is 0 Å². The second-order valence-electron chi connectivity index (χ2n) is 9.00. The fraction of sp³-hybridized carbons (Fsp3) is 0.619. The lowest BCUT2D eigenvalue weighted by atomic mass is 9.76. The molecule has 2 aromatic rings. The van der Waals surface area contributed by atoms with Gasteiger partial charge in [-0.2, -0.15) is 9.97 Å². The molecule has 3 N–H and O–H groups in total. The van der Waals surface area contributed by atoms with Gasteiger partial charge >= 0.3 is 0 Å². The van der Waals surface area contributed by atoms with Crippen molar-refractivity contribution < 1.29 is 5.11 Å². The van der Waals surface area contributed by atoms with E-state index in [1.165, 1.54) is 11.3 Å². The monoisotopic (exact) mass is 410 g/mol. The Kier molecular flexibility index (Phi) is 4.65. The molecule has 0 saturated carbocycles. The molecule has 9 nitrogen and oxygen atoms in total. The maximum Gasteiger partial charge on any atom is 0.227 e. The number of aromatic nitrogens is 4. The summed E-state index contributed by atoms with van der Waals surface area (Å²) < 4.78 is 0. The first-order valence-corrected chi connectivity index (χ1v) is 10.8. The van der Waals surface area contributed by atoms with Crippen LogP contribution < -0.4 is 20.4 Å². The van der Waals surface area contributed by atoms with Crippen LogP contribution in [-0.4, -0.2) is 71.4 Å². The Balaban J connectivity index is 1.46. The van der Waals surface area contributed by atoms with E-state index >= 15 is 0 Å². The maximum absolute atomic E-state index is 10.1. The fourth-order valence-corrected chi connectivity index (χ4v) is 5.20. The van der Waals surface area contributed by atoms with Gasteiger partial charge in [-0.25, -0.2) is 9.97 Å². The third-order valence-electron chi connectivity index (χ3n) is 6.90. The van der Waals surface area contributed by atoms with Gasteiger partial charge in [0.25, 0.3) is 0 Å². The van der Waals surface area contributed by atoms with Crippen molar-refractivity contribution in [3.8, 4) is 0 Å². The minimum Gasteiger partial charge on any atom is -0.391 e. The van der Waals surface area contributed by atoms with Gasteiger partial charge in [-0.05, 0) is 38.2 Å². The Morgan fingerprint density at radius 1 is 1.10 bits per heavy atom. The number of anilines is 4. The number of aliphatic hydroxyl groups is 1. The van der Waals surface area contributed by atoms with E-state index in [0.29, 0.717) is 12.5 Å². The average molecular weight is 411 g/mol. The van der Waals surface area contributed by atoms with Crippen LogP contribution in [0.1, 0.15) is 36.9 Å². The molecule has 1 atom stereocenters. The van der Waals surface area contributed by atoms with Gasteiger partial charge in [-0.1, -0.05) is 0 Å². The zero-order valence-corrected chi connectivity index (χ0v) is 17.8. The highest BCUT2D eigenvalue weighted by Gasteiger charge is 2.45. The predicted molar refractivity (Wildman–Crippen MR) is 117 cm³/mol. The number of nitrogens with two attached hydrogens (primary N) is 1. The zero-order valence-electron chi connectivity index (χ0n) is 17.8. The Labute approximate surface area is 177 Å². The summed E-state index contributed by atoms with van der Waals surface area (Å²) in [6.07, 6.45) is 6.45. The van der Waals surface area contributed by atoms with E-state index in [9.17, 15) is 5.11 Å². The van der Waals surface area contributed by atoms with Crippen molar-refractivity contribution in [1.29, 1.82) is 0 Å². The molecule has 9 heteroatoms. The largest absolute Gasteiger partial charge is 0.391 e. The molecule has 0 radical (unpaired) electrons. The summed E-state index contributed by atoms with van der Waals surface area (Å²) in [6.45, 7) is 3.36. The second-order valence-corrected chi connectivity index (χ2v) is 9.00. The first-order chi connectivity index (χ1) is 14.4. The summed E-state index contributed by atoms with van der Waals surface area (Å²) in [7, 11) is 3.99. The Morgan fingerprint density at radius 2 is 1.90 bits per heavy atom. The molecule has 2 aromatic heterocycles. The molecular weight excluding hydrogens is 380 g/mol. The van der Waals surface area contributed by atoms with Crippen molar-refractivity contribution in [2.75, 3.05) is 60.7 Å². The van der Waals surface area contributed by atoms with Crippen LogP contribution in [0.4, 0.5) is 23.5 Å². The van der Waals surface area contributed by atoms with Crippen molar-refractivity contribution in [2.24, 2.45) is 0 Å². The van der Waals surface area contributed by atoms with Crippen LogP contribution in [-0.2, 0) is 11.8 Å². The lowest BCUT2D eigenvalue weighted by Crippen LogP contribution is -2.42. The Morgan fingerprint density at radius 3 is 2.57 bits per heavy atom. The molecule has 0 bridgehead atoms. The second kappa shape index (κ2) is 7.23. The molecule has 2 saturated heterocycles. The highest BCUT2D eigenvalue weighted by atomic mass is 16.3. The van der Waals surface area contributed by atoms with Crippen LogP contribution in [0, 0.1) is 0 Å². The number of hydrogen-bond donors (Lipinski definition) is 2. The van der Waals surface area contributed by atoms with E-state index in [4.69, 9.17) is 15.7 Å². The number of fused-ring (bicyclic) bond motifs is 2. The van der Waals surface area contributed by atoms with Crippen molar-refractivity contribution >= 4 is 23.5 Å². The van der Waals surface area contributed by atoms with E-state index < -0.39 is 0 Å². The number of aliphatic hydroxyl groups excluding tert-OH is 1. The SMILES string of the molecule is CN(C)c1nc(N2CCC(O)C2)c2c(n1)C1(CC2)CCN(c2ccnc(N)n2)CC1. The van der Waals surface area contributed by atoms with Gasteiger partial charge in [0.2, 0.25) is 11.9 Å². The summed E-state index contributed by atoms with van der Waals surface area (Å²) in [4.78, 5) is 24.9. The number of piperidine rings is 1. The van der Waals surface area contributed by atoms with E-state index in [-0.39, 0.29) is 11.5 Å². The first-order valence-electron chi connectivity index (χ1n) is 10.8. The van der Waals surface area contributed by atoms with Gasteiger partial charge in [-0.3, -0.25) is 0 Å². The van der Waals surface area contributed by atoms with E-state index in [2.05, 4.69) is 19.8 Å². The summed E-state index contributed by atoms with van der Waals surface area (Å²) >= 11 is 0. The van der Waals surface area contributed by atoms with E-state index in [0.717, 1.165) is 69.3 Å². The third-order valence-corrected chi connectivity index (χ3v) is 6.90. The van der Waals surface area contributed by atoms with Crippen LogP contribution in [0.15, 0.2) is 12.3 Å². The van der Waals surface area contributed by atoms with Crippen LogP contribution in [0.5, 0.6) is 0 Å². The minimum absolute atomic E-state index is 0.0885. The lowest BCUT2D eigenvalue weighted by Gasteiger charge is -2.40. The molecule has 5 rings (SSSR count). The van der Waals surface area contributed by atoms with Crippen LogP contribution in [0.3, 0.4) is 0 Å². The Bertz CT molecular complexity index is 941. The predicted octanol–water partition coefficient (Wildman–Crippen LogP) is 0.970. The quantitative estimate of drug-likeness (QED) is 0.765. The smallest absolute Gasteiger partial charge is 0.227 e. The van der Waals surface area contributed by atoms with Crippen molar-refractivity contribution in [1.82, 2.24) is 19.9 Å². The molecule has 1 spiro atoms. The van der Waals surface area contributed by atoms with E-state index in [1.807, 2.05) is 25.1 Å². The standard InChI is InChI=1S/C21H30N8O/c1-27(2)20-25-17-15(18(26-20)29-10-5-14(30)13-29)3-6-21(17)7-11-28(12-8-21)16-4-9-23-19(22)24-16/h4,9,14,30H,3,5-8,10-13H2,1-2H3,(H2,22,23,24). The molecule has 2 aliphatic heterocycles. The molecule has 1 aliphatic carbocycles. The Hall–Kier alpha value is -2.68. The van der Waals surface area contributed by atoms with Crippen LogP contribution >= 0.6 is 0 Å². The minimum atomic E-state index is -0.266. The summed E-state index contributed by atoms with van der Waals surface area (Å²) in [5, 5.41) is 10.1. The number of rotatable bonds is 3. The first kappa shape index (κ1) is 19.3. The molecule has 2 fully saturated rings. The molecular formula is C21H30N8O. The van der Waals surface area contributed by atoms with Gasteiger partial charge < -0.3 is 25.5 Å². The molecule has 0 amide bonds. The third kappa shape index (κ3) is 3.21. The fourth-order valence-electron chi connectivity index (χ4n) is 5.20. The van der Waals surface area contributed by atoms with Crippen molar-refractivity contribution in [2.45, 2.75) is 43.6 Å². The number of nitrogens with zero attached hydrogens (tertiary/aromatic N) is 7. The number of hydrogen-bond acceptors (Lipinski definition) is 9. The molecule has 3 aliphatic rings. The van der Waals surface area contributed by atoms with Crippen LogP contribution in [0.2, 0.25) is 0 Å². The van der Waals surface area contributed by atoms with Gasteiger partial charge in [0, 0.05) is 57.4 Å². The number of β-amino-alcohol motifs (C(OH)–C–C–N with tert-alkyl or cyclic N) is 1. The highest BCUT2D eigenvalue weighted by Crippen LogP contribution is 2.48. The summed E-state index contributed by atoms with van der Waals surface area (Å²) in [6, 6.07) is 1.93. The van der Waals surface area contributed by atoms with Gasteiger partial charge in [0.1, 0.15) is 11.6 Å². The average Bonchev–Trinajstić information content (AvgIpc) is 3.32. The van der Waals surface area contributed by atoms with Gasteiger partial charge in [0.05, 0.1) is 11.8 Å². The highest BCUT2D eigenvalue weighted by molar-refractivity contribution is 5.58. The topological polar surface area (TPSA) is 108 Å². The normalized spacial score (nSPS) is 22.6. The molecule has 0 aromatic carbocycles. The van der Waals surface area contributed by atoms with Crippen LogP contribution in [0.25, 0.3) is 0 Å². The molecule has 1 unspecified atom stereocenters. The van der Waals surface area contributed by atoms with Crippen molar-refractivity contribution in [3.63, 3.8) is 0 Å². The summed E-state index contributed by atoms with van der Waals surface area (Å²) in [5.74, 6) is 3.01. The van der Waals surface area contributed by atoms with Crippen molar-refractivity contribution in [3.05, 3.63) is 23.5 Å². The summed E-state index contributed by atoms with van der Waals surface area (Å²) in [5.41, 5.74) is 8.38. The zero-order chi connectivity index (χ0) is 20.9.